The minimum Gasteiger partial charge on any atom is -0.258 e. The summed E-state index contributed by atoms with van der Waals surface area (Å²) in [7, 11) is 0. The summed E-state index contributed by atoms with van der Waals surface area (Å²) >= 11 is 0. The van der Waals surface area contributed by atoms with Crippen LogP contribution in [0, 0.1) is 10.1 Å². The molecule has 0 aliphatic heterocycles. The molecule has 0 spiro atoms. The van der Waals surface area contributed by atoms with Gasteiger partial charge in [-0.05, 0) is 36.4 Å². The van der Waals surface area contributed by atoms with Crippen molar-refractivity contribution < 1.29 is 4.92 Å². The van der Waals surface area contributed by atoms with Crippen LogP contribution in [0.3, 0.4) is 0 Å². The van der Waals surface area contributed by atoms with Crippen LogP contribution in [0.15, 0.2) is 95.3 Å². The van der Waals surface area contributed by atoms with Crippen LogP contribution < -0.4 is 5.01 Å². The zero-order chi connectivity index (χ0) is 16.8. The van der Waals surface area contributed by atoms with Crippen molar-refractivity contribution in [1.29, 1.82) is 0 Å². The second-order valence-corrected chi connectivity index (χ2v) is 4.95. The maximum atomic E-state index is 10.7. The summed E-state index contributed by atoms with van der Waals surface area (Å²) in [4.78, 5) is 10.2. The second-order valence-electron chi connectivity index (χ2n) is 4.95. The van der Waals surface area contributed by atoms with Crippen molar-refractivity contribution in [3.8, 4) is 0 Å². The molecule has 0 atom stereocenters. The van der Waals surface area contributed by atoms with Crippen molar-refractivity contribution in [3.05, 3.63) is 95.0 Å². The highest BCUT2D eigenvalue weighted by atomic mass is 16.6. The monoisotopic (exact) mass is 318 g/mol. The molecule has 0 saturated carbocycles. The minimum atomic E-state index is -0.443. The molecule has 118 valence electrons. The fourth-order valence-electron chi connectivity index (χ4n) is 2.13. The van der Waals surface area contributed by atoms with Gasteiger partial charge in [0.25, 0.3) is 5.69 Å². The van der Waals surface area contributed by atoms with E-state index in [-0.39, 0.29) is 5.69 Å². The van der Waals surface area contributed by atoms with Crippen molar-refractivity contribution in [2.45, 2.75) is 0 Å². The van der Waals surface area contributed by atoms with Crippen molar-refractivity contribution in [2.24, 2.45) is 10.3 Å². The first-order valence-corrected chi connectivity index (χ1v) is 7.30. The lowest BCUT2D eigenvalue weighted by Gasteiger charge is -2.17. The van der Waals surface area contributed by atoms with E-state index in [1.165, 1.54) is 12.1 Å². The van der Waals surface area contributed by atoms with Crippen LogP contribution in [-0.4, -0.2) is 4.92 Å². The number of non-ortho nitro benzene ring substituents is 1. The molecule has 0 saturated heterocycles. The molecule has 3 rings (SSSR count). The van der Waals surface area contributed by atoms with Crippen molar-refractivity contribution in [1.82, 2.24) is 0 Å². The number of para-hydroxylation sites is 2. The van der Waals surface area contributed by atoms with Gasteiger partial charge in [0.05, 0.1) is 22.0 Å². The van der Waals surface area contributed by atoms with E-state index in [0.29, 0.717) is 5.69 Å². The molecule has 3 aromatic rings. The van der Waals surface area contributed by atoms with Crippen LogP contribution in [0.2, 0.25) is 0 Å². The van der Waals surface area contributed by atoms with Crippen molar-refractivity contribution in [3.63, 3.8) is 0 Å². The molecule has 0 unspecified atom stereocenters. The second kappa shape index (κ2) is 7.15. The summed E-state index contributed by atoms with van der Waals surface area (Å²) in [6, 6.07) is 25.2. The van der Waals surface area contributed by atoms with Gasteiger partial charge in [0.2, 0.25) is 0 Å². The standard InChI is InChI=1S/C18H14N4O2/c23-22(24)18-13-11-15(12-14-18)19-20-21(16-7-3-1-4-8-16)17-9-5-2-6-10-17/h1-14H. The summed E-state index contributed by atoms with van der Waals surface area (Å²) in [5.74, 6) is 0. The zero-order valence-electron chi connectivity index (χ0n) is 12.7. The fraction of sp³-hybridized carbons (Fsp3) is 0. The molecule has 0 bridgehead atoms. The molecule has 0 radical (unpaired) electrons. The molecule has 0 fully saturated rings. The topological polar surface area (TPSA) is 71.1 Å². The number of nitro benzene ring substituents is 1. The summed E-state index contributed by atoms with van der Waals surface area (Å²) in [6.45, 7) is 0. The summed E-state index contributed by atoms with van der Waals surface area (Å²) in [5.41, 5.74) is 2.30. The molecule has 0 heterocycles. The summed E-state index contributed by atoms with van der Waals surface area (Å²) in [5, 5.41) is 20.9. The minimum absolute atomic E-state index is 0.0249. The Balaban J connectivity index is 1.90. The van der Waals surface area contributed by atoms with E-state index in [1.807, 2.05) is 60.7 Å². The molecule has 6 nitrogen and oxygen atoms in total. The number of nitro groups is 1. The molecular weight excluding hydrogens is 304 g/mol. The van der Waals surface area contributed by atoms with Gasteiger partial charge in [-0.3, -0.25) is 10.1 Å². The molecule has 0 aliphatic carbocycles. The third-order valence-electron chi connectivity index (χ3n) is 3.31. The van der Waals surface area contributed by atoms with Crippen LogP contribution in [-0.2, 0) is 0 Å². The quantitative estimate of drug-likeness (QED) is 0.357. The van der Waals surface area contributed by atoms with Gasteiger partial charge in [-0.1, -0.05) is 41.6 Å². The Bertz CT molecular complexity index is 794. The van der Waals surface area contributed by atoms with Gasteiger partial charge >= 0.3 is 0 Å². The highest BCUT2D eigenvalue weighted by Gasteiger charge is 2.08. The molecule has 0 amide bonds. The van der Waals surface area contributed by atoms with Gasteiger partial charge in [-0.15, -0.1) is 5.11 Å². The van der Waals surface area contributed by atoms with E-state index in [1.54, 1.807) is 17.1 Å². The number of hydrogen-bond acceptors (Lipinski definition) is 4. The number of benzene rings is 3. The third kappa shape index (κ3) is 3.61. The van der Waals surface area contributed by atoms with Crippen molar-refractivity contribution >= 4 is 22.7 Å². The first-order valence-electron chi connectivity index (χ1n) is 7.30. The van der Waals surface area contributed by atoms with Crippen LogP contribution in [0.4, 0.5) is 22.7 Å². The Labute approximate surface area is 138 Å². The van der Waals surface area contributed by atoms with Gasteiger partial charge in [-0.2, -0.15) is 0 Å². The number of rotatable bonds is 5. The first-order chi connectivity index (χ1) is 11.7. The molecule has 0 aliphatic rings. The largest absolute Gasteiger partial charge is 0.269 e. The van der Waals surface area contributed by atoms with E-state index in [0.717, 1.165) is 11.4 Å². The van der Waals surface area contributed by atoms with E-state index in [2.05, 4.69) is 10.3 Å². The van der Waals surface area contributed by atoms with Crippen LogP contribution in [0.5, 0.6) is 0 Å². The molecule has 24 heavy (non-hydrogen) atoms. The van der Waals surface area contributed by atoms with Gasteiger partial charge in [0.15, 0.2) is 0 Å². The Hall–Kier alpha value is -3.54. The molecule has 6 heteroatoms. The first kappa shape index (κ1) is 15.4. The Kier molecular flexibility index (Phi) is 4.57. The normalized spacial score (nSPS) is 10.7. The lowest BCUT2D eigenvalue weighted by atomic mass is 10.2. The highest BCUT2D eigenvalue weighted by molar-refractivity contribution is 5.61. The third-order valence-corrected chi connectivity index (χ3v) is 3.31. The lowest BCUT2D eigenvalue weighted by Crippen LogP contribution is -2.07. The Morgan fingerprint density at radius 2 is 1.25 bits per heavy atom. The highest BCUT2D eigenvalue weighted by Crippen LogP contribution is 2.27. The summed E-state index contributed by atoms with van der Waals surface area (Å²) in [6.07, 6.45) is 0. The maximum absolute atomic E-state index is 10.7. The maximum Gasteiger partial charge on any atom is 0.269 e. The molecule has 0 N–H and O–H groups in total. The van der Waals surface area contributed by atoms with E-state index < -0.39 is 4.92 Å². The van der Waals surface area contributed by atoms with Crippen LogP contribution in [0.25, 0.3) is 0 Å². The predicted molar refractivity (Wildman–Crippen MR) is 92.6 cm³/mol. The average Bonchev–Trinajstić information content (AvgIpc) is 2.64. The summed E-state index contributed by atoms with van der Waals surface area (Å²) < 4.78 is 0. The SMILES string of the molecule is O=[N+]([O-])c1ccc(N=NN(c2ccccc2)c2ccccc2)cc1. The van der Waals surface area contributed by atoms with E-state index in [9.17, 15) is 10.1 Å². The predicted octanol–water partition coefficient (Wildman–Crippen LogP) is 5.43. The van der Waals surface area contributed by atoms with Gasteiger partial charge in [-0.25, -0.2) is 5.01 Å². The molecule has 3 aromatic carbocycles. The Morgan fingerprint density at radius 1 is 0.750 bits per heavy atom. The van der Waals surface area contributed by atoms with Crippen molar-refractivity contribution in [2.75, 3.05) is 5.01 Å². The number of nitrogens with zero attached hydrogens (tertiary/aromatic N) is 4. The fourth-order valence-corrected chi connectivity index (χ4v) is 2.13. The van der Waals surface area contributed by atoms with Gasteiger partial charge < -0.3 is 0 Å². The van der Waals surface area contributed by atoms with Crippen LogP contribution >= 0.6 is 0 Å². The van der Waals surface area contributed by atoms with E-state index >= 15 is 0 Å². The van der Waals surface area contributed by atoms with Gasteiger partial charge in [0, 0.05) is 12.1 Å². The Morgan fingerprint density at radius 3 is 1.71 bits per heavy atom. The number of anilines is 2. The van der Waals surface area contributed by atoms with E-state index in [4.69, 9.17) is 0 Å². The lowest BCUT2D eigenvalue weighted by molar-refractivity contribution is -0.384. The van der Waals surface area contributed by atoms with Gasteiger partial charge in [0.1, 0.15) is 0 Å². The zero-order valence-corrected chi connectivity index (χ0v) is 12.7. The average molecular weight is 318 g/mol. The smallest absolute Gasteiger partial charge is 0.258 e. The molecular formula is C18H14N4O2. The van der Waals surface area contributed by atoms with Crippen LogP contribution in [0.1, 0.15) is 0 Å². The molecule has 0 aromatic heterocycles. The number of hydrogen-bond donors (Lipinski definition) is 0.